The van der Waals surface area contributed by atoms with Gasteiger partial charge in [0.25, 0.3) is 5.69 Å². The van der Waals surface area contributed by atoms with Gasteiger partial charge in [-0.3, -0.25) is 10.1 Å². The number of anilines is 2. The minimum Gasteiger partial charge on any atom is -0.331 e. The van der Waals surface area contributed by atoms with Crippen LogP contribution in [0.2, 0.25) is 10.0 Å². The molecule has 2 N–H and O–H groups in total. The molecule has 0 atom stereocenters. The number of halogens is 2. The molecule has 0 heterocycles. The van der Waals surface area contributed by atoms with Gasteiger partial charge in [0.15, 0.2) is 5.11 Å². The normalized spacial score (nSPS) is 10.0. The summed E-state index contributed by atoms with van der Waals surface area (Å²) in [5, 5.41) is 17.6. The average molecular weight is 342 g/mol. The van der Waals surface area contributed by atoms with Gasteiger partial charge in [-0.2, -0.15) is 0 Å². The maximum atomic E-state index is 10.9. The van der Waals surface area contributed by atoms with Crippen molar-refractivity contribution >= 4 is 57.6 Å². The van der Waals surface area contributed by atoms with Crippen LogP contribution in [0.4, 0.5) is 17.1 Å². The molecule has 0 aromatic heterocycles. The van der Waals surface area contributed by atoms with Crippen molar-refractivity contribution in [1.29, 1.82) is 0 Å². The van der Waals surface area contributed by atoms with E-state index in [9.17, 15) is 10.1 Å². The lowest BCUT2D eigenvalue weighted by atomic mass is 10.3. The number of nitrogens with one attached hydrogen (secondary N) is 2. The van der Waals surface area contributed by atoms with Gasteiger partial charge in [0.1, 0.15) is 5.69 Å². The number of benzene rings is 2. The van der Waals surface area contributed by atoms with Crippen LogP contribution in [0.5, 0.6) is 0 Å². The number of nitrogens with zero attached hydrogens (tertiary/aromatic N) is 1. The second-order valence-electron chi connectivity index (χ2n) is 3.98. The third-order valence-electron chi connectivity index (χ3n) is 2.53. The molecule has 2 aromatic rings. The molecule has 108 valence electrons. The largest absolute Gasteiger partial charge is 0.331 e. The summed E-state index contributed by atoms with van der Waals surface area (Å²) in [5.74, 6) is 0. The molecule has 0 aliphatic carbocycles. The molecule has 0 radical (unpaired) electrons. The first-order valence-corrected chi connectivity index (χ1v) is 6.90. The Morgan fingerprint density at radius 2 is 1.76 bits per heavy atom. The van der Waals surface area contributed by atoms with Gasteiger partial charge in [-0.15, -0.1) is 0 Å². The third kappa shape index (κ3) is 4.04. The molecular weight excluding hydrogens is 333 g/mol. The first-order valence-electron chi connectivity index (χ1n) is 5.74. The molecule has 0 amide bonds. The summed E-state index contributed by atoms with van der Waals surface area (Å²) < 4.78 is 0. The molecule has 5 nitrogen and oxygen atoms in total. The Hall–Kier alpha value is -1.89. The van der Waals surface area contributed by atoms with Gasteiger partial charge in [-0.25, -0.2) is 0 Å². The van der Waals surface area contributed by atoms with Crippen molar-refractivity contribution in [2.45, 2.75) is 0 Å². The Morgan fingerprint density at radius 1 is 1.10 bits per heavy atom. The average Bonchev–Trinajstić information content (AvgIpc) is 2.43. The summed E-state index contributed by atoms with van der Waals surface area (Å²) in [4.78, 5) is 10.4. The van der Waals surface area contributed by atoms with E-state index in [0.717, 1.165) is 0 Å². The van der Waals surface area contributed by atoms with Gasteiger partial charge in [0.05, 0.1) is 15.6 Å². The van der Waals surface area contributed by atoms with Crippen LogP contribution in [0.3, 0.4) is 0 Å². The van der Waals surface area contributed by atoms with Crippen molar-refractivity contribution in [1.82, 2.24) is 0 Å². The van der Waals surface area contributed by atoms with Crippen LogP contribution in [-0.4, -0.2) is 10.0 Å². The summed E-state index contributed by atoms with van der Waals surface area (Å²) in [6.45, 7) is 0. The van der Waals surface area contributed by atoms with Crippen LogP contribution in [0.15, 0.2) is 42.5 Å². The molecule has 8 heteroatoms. The summed E-state index contributed by atoms with van der Waals surface area (Å²) in [5.41, 5.74) is 0.734. The predicted octanol–water partition coefficient (Wildman–Crippen LogP) is 4.71. The van der Waals surface area contributed by atoms with Crippen LogP contribution in [-0.2, 0) is 0 Å². The van der Waals surface area contributed by atoms with Crippen molar-refractivity contribution in [3.05, 3.63) is 62.6 Å². The zero-order valence-electron chi connectivity index (χ0n) is 10.5. The van der Waals surface area contributed by atoms with Crippen molar-refractivity contribution in [3.8, 4) is 0 Å². The van der Waals surface area contributed by atoms with E-state index >= 15 is 0 Å². The summed E-state index contributed by atoms with van der Waals surface area (Å²) in [7, 11) is 0. The van der Waals surface area contributed by atoms with Crippen LogP contribution < -0.4 is 10.6 Å². The lowest BCUT2D eigenvalue weighted by Gasteiger charge is -2.12. The summed E-state index contributed by atoms with van der Waals surface area (Å²) in [6.07, 6.45) is 0. The molecule has 0 bridgehead atoms. The SMILES string of the molecule is O=[N+]([O-])c1ccccc1NC(=S)Nc1cc(Cl)ccc1Cl. The number of nitro groups is 1. The quantitative estimate of drug-likeness (QED) is 0.480. The summed E-state index contributed by atoms with van der Waals surface area (Å²) in [6, 6.07) is 11.1. The Labute approximate surface area is 136 Å². The minimum atomic E-state index is -0.489. The van der Waals surface area contributed by atoms with E-state index in [1.54, 1.807) is 36.4 Å². The lowest BCUT2D eigenvalue weighted by molar-refractivity contribution is -0.383. The van der Waals surface area contributed by atoms with E-state index < -0.39 is 4.92 Å². The zero-order valence-corrected chi connectivity index (χ0v) is 12.8. The highest BCUT2D eigenvalue weighted by atomic mass is 35.5. The van der Waals surface area contributed by atoms with E-state index in [1.807, 2.05) is 0 Å². The molecule has 0 saturated carbocycles. The number of nitro benzene ring substituents is 1. The van der Waals surface area contributed by atoms with Crippen LogP contribution in [0.1, 0.15) is 0 Å². The molecule has 0 unspecified atom stereocenters. The molecular formula is C13H9Cl2N3O2S. The van der Waals surface area contributed by atoms with Crippen LogP contribution in [0, 0.1) is 10.1 Å². The monoisotopic (exact) mass is 341 g/mol. The van der Waals surface area contributed by atoms with Crippen LogP contribution in [0.25, 0.3) is 0 Å². The standard InChI is InChI=1S/C13H9Cl2N3O2S/c14-8-5-6-9(15)11(7-8)17-13(21)16-10-3-1-2-4-12(10)18(19)20/h1-7H,(H2,16,17,21). The number of hydrogen-bond acceptors (Lipinski definition) is 3. The Balaban J connectivity index is 2.16. The van der Waals surface area contributed by atoms with Gasteiger partial charge < -0.3 is 10.6 Å². The number of para-hydroxylation sites is 2. The van der Waals surface area contributed by atoms with Gasteiger partial charge in [-0.1, -0.05) is 35.3 Å². The number of hydrogen-bond donors (Lipinski definition) is 2. The molecule has 21 heavy (non-hydrogen) atoms. The number of thiocarbonyl (C=S) groups is 1. The number of rotatable bonds is 3. The van der Waals surface area contributed by atoms with E-state index in [4.69, 9.17) is 35.4 Å². The second-order valence-corrected chi connectivity index (χ2v) is 5.23. The van der Waals surface area contributed by atoms with E-state index in [1.165, 1.54) is 6.07 Å². The van der Waals surface area contributed by atoms with Gasteiger partial charge >= 0.3 is 0 Å². The van der Waals surface area contributed by atoms with Crippen molar-refractivity contribution < 1.29 is 4.92 Å². The molecule has 0 saturated heterocycles. The Kier molecular flexibility index (Phi) is 4.95. The fourth-order valence-corrected chi connectivity index (χ4v) is 2.16. The fraction of sp³-hybridized carbons (Fsp3) is 0. The van der Waals surface area contributed by atoms with Gasteiger partial charge in [-0.05, 0) is 36.5 Å². The highest BCUT2D eigenvalue weighted by molar-refractivity contribution is 7.80. The lowest BCUT2D eigenvalue weighted by Crippen LogP contribution is -2.19. The van der Waals surface area contributed by atoms with E-state index in [0.29, 0.717) is 15.7 Å². The van der Waals surface area contributed by atoms with Gasteiger partial charge in [0.2, 0.25) is 0 Å². The fourth-order valence-electron chi connectivity index (χ4n) is 1.61. The maximum Gasteiger partial charge on any atom is 0.292 e. The molecule has 0 aliphatic rings. The van der Waals surface area contributed by atoms with E-state index in [-0.39, 0.29) is 16.5 Å². The molecule has 2 rings (SSSR count). The smallest absolute Gasteiger partial charge is 0.292 e. The topological polar surface area (TPSA) is 67.2 Å². The Morgan fingerprint density at radius 3 is 2.48 bits per heavy atom. The zero-order chi connectivity index (χ0) is 15.4. The molecule has 0 spiro atoms. The highest BCUT2D eigenvalue weighted by Crippen LogP contribution is 2.27. The third-order valence-corrected chi connectivity index (χ3v) is 3.29. The van der Waals surface area contributed by atoms with Crippen molar-refractivity contribution in [2.24, 2.45) is 0 Å². The summed E-state index contributed by atoms with van der Waals surface area (Å²) >= 11 is 17.0. The first kappa shape index (κ1) is 15.5. The predicted molar refractivity (Wildman–Crippen MR) is 89.4 cm³/mol. The molecule has 0 aliphatic heterocycles. The maximum absolute atomic E-state index is 10.9. The van der Waals surface area contributed by atoms with Crippen LogP contribution >= 0.6 is 35.4 Å². The Bertz CT molecular complexity index is 710. The molecule has 2 aromatic carbocycles. The van der Waals surface area contributed by atoms with Crippen molar-refractivity contribution in [3.63, 3.8) is 0 Å². The molecule has 0 fully saturated rings. The van der Waals surface area contributed by atoms with E-state index in [2.05, 4.69) is 10.6 Å². The van der Waals surface area contributed by atoms with Gasteiger partial charge in [0, 0.05) is 11.1 Å². The second kappa shape index (κ2) is 6.71. The van der Waals surface area contributed by atoms with Crippen molar-refractivity contribution in [2.75, 3.05) is 10.6 Å². The minimum absolute atomic E-state index is 0.0705. The first-order chi connectivity index (χ1) is 9.97. The highest BCUT2D eigenvalue weighted by Gasteiger charge is 2.13.